The third-order valence-corrected chi connectivity index (χ3v) is 3.70. The van der Waals surface area contributed by atoms with Crippen molar-refractivity contribution < 1.29 is 0 Å². The van der Waals surface area contributed by atoms with Crippen molar-refractivity contribution in [3.63, 3.8) is 0 Å². The largest absolute Gasteiger partial charge is 0.356 e. The van der Waals surface area contributed by atoms with E-state index in [4.69, 9.17) is 4.98 Å². The molecule has 0 spiro atoms. The third kappa shape index (κ3) is 3.00. The van der Waals surface area contributed by atoms with E-state index in [2.05, 4.69) is 49.1 Å². The summed E-state index contributed by atoms with van der Waals surface area (Å²) in [7, 11) is 2.10. The molecule has 0 aliphatic carbocycles. The van der Waals surface area contributed by atoms with Gasteiger partial charge in [0.05, 0.1) is 5.52 Å². The molecule has 1 aromatic heterocycles. The third-order valence-electron chi connectivity index (χ3n) is 3.70. The van der Waals surface area contributed by atoms with Gasteiger partial charge in [-0.05, 0) is 31.9 Å². The second kappa shape index (κ2) is 6.55. The number of aromatic nitrogens is 2. The van der Waals surface area contributed by atoms with E-state index in [9.17, 15) is 0 Å². The Labute approximate surface area is 121 Å². The van der Waals surface area contributed by atoms with Gasteiger partial charge in [0, 0.05) is 25.0 Å². The van der Waals surface area contributed by atoms with E-state index in [-0.39, 0.29) is 0 Å². The number of benzene rings is 1. The Morgan fingerprint density at radius 1 is 1.20 bits per heavy atom. The zero-order valence-corrected chi connectivity index (χ0v) is 12.8. The van der Waals surface area contributed by atoms with Gasteiger partial charge in [0.15, 0.2) is 0 Å². The monoisotopic (exact) mass is 272 g/mol. The standard InChI is InChI=1S/C16H24N4/c1-5-11-17-16-18-14-10-8-7-9-13(14)15(19-16)20(4)12(3)6-2/h7-10,12H,5-6,11H2,1-4H3,(H,17,18,19). The second-order valence-electron chi connectivity index (χ2n) is 5.18. The lowest BCUT2D eigenvalue weighted by atomic mass is 10.2. The molecule has 1 atom stereocenters. The molecule has 1 unspecified atom stereocenters. The van der Waals surface area contributed by atoms with Crippen molar-refractivity contribution in [2.24, 2.45) is 0 Å². The molecule has 1 heterocycles. The highest BCUT2D eigenvalue weighted by Crippen LogP contribution is 2.26. The normalized spacial score (nSPS) is 12.4. The molecule has 0 radical (unpaired) electrons. The van der Waals surface area contributed by atoms with E-state index in [1.54, 1.807) is 0 Å². The van der Waals surface area contributed by atoms with Gasteiger partial charge in [-0.15, -0.1) is 0 Å². The molecule has 0 amide bonds. The maximum absolute atomic E-state index is 4.71. The number of hydrogen-bond acceptors (Lipinski definition) is 4. The SMILES string of the molecule is CCCNc1nc(N(C)C(C)CC)c2ccccc2n1. The fourth-order valence-corrected chi connectivity index (χ4v) is 2.13. The van der Waals surface area contributed by atoms with Crippen molar-refractivity contribution in [1.82, 2.24) is 9.97 Å². The molecule has 2 rings (SSSR count). The Kier molecular flexibility index (Phi) is 4.77. The molecule has 0 saturated heterocycles. The van der Waals surface area contributed by atoms with Crippen molar-refractivity contribution in [2.45, 2.75) is 39.7 Å². The first-order valence-electron chi connectivity index (χ1n) is 7.40. The molecule has 0 aliphatic rings. The molecule has 0 bridgehead atoms. The molecular formula is C16H24N4. The van der Waals surface area contributed by atoms with Crippen LogP contribution in [0, 0.1) is 0 Å². The van der Waals surface area contributed by atoms with Crippen molar-refractivity contribution in [2.75, 3.05) is 23.8 Å². The molecule has 4 heteroatoms. The number of fused-ring (bicyclic) bond motifs is 1. The lowest BCUT2D eigenvalue weighted by Gasteiger charge is -2.26. The second-order valence-corrected chi connectivity index (χ2v) is 5.18. The molecule has 4 nitrogen and oxygen atoms in total. The van der Waals surface area contributed by atoms with E-state index in [1.165, 1.54) is 0 Å². The Hall–Kier alpha value is -1.84. The number of nitrogens with one attached hydrogen (secondary N) is 1. The highest BCUT2D eigenvalue weighted by molar-refractivity contribution is 5.90. The summed E-state index contributed by atoms with van der Waals surface area (Å²) in [5.74, 6) is 1.72. The van der Waals surface area contributed by atoms with E-state index < -0.39 is 0 Å². The number of anilines is 2. The van der Waals surface area contributed by atoms with Crippen LogP contribution in [-0.4, -0.2) is 29.6 Å². The number of hydrogen-bond donors (Lipinski definition) is 1. The molecule has 108 valence electrons. The Morgan fingerprint density at radius 3 is 2.65 bits per heavy atom. The maximum atomic E-state index is 4.71. The summed E-state index contributed by atoms with van der Waals surface area (Å²) in [6.07, 6.45) is 2.15. The van der Waals surface area contributed by atoms with Gasteiger partial charge in [-0.1, -0.05) is 26.0 Å². The van der Waals surface area contributed by atoms with Gasteiger partial charge < -0.3 is 10.2 Å². The average molecular weight is 272 g/mol. The summed E-state index contributed by atoms with van der Waals surface area (Å²) in [4.78, 5) is 11.5. The Balaban J connectivity index is 2.48. The summed E-state index contributed by atoms with van der Waals surface area (Å²) in [5.41, 5.74) is 0.992. The van der Waals surface area contributed by atoms with Gasteiger partial charge in [0.1, 0.15) is 5.82 Å². The first kappa shape index (κ1) is 14.6. The van der Waals surface area contributed by atoms with E-state index >= 15 is 0 Å². The minimum absolute atomic E-state index is 0.451. The van der Waals surface area contributed by atoms with Crippen LogP contribution >= 0.6 is 0 Å². The van der Waals surface area contributed by atoms with Gasteiger partial charge >= 0.3 is 0 Å². The zero-order valence-electron chi connectivity index (χ0n) is 12.8. The van der Waals surface area contributed by atoms with Crippen molar-refractivity contribution in [1.29, 1.82) is 0 Å². The lowest BCUT2D eigenvalue weighted by Crippen LogP contribution is -2.29. The minimum atomic E-state index is 0.451. The first-order valence-corrected chi connectivity index (χ1v) is 7.40. The van der Waals surface area contributed by atoms with Crippen LogP contribution in [0.15, 0.2) is 24.3 Å². The maximum Gasteiger partial charge on any atom is 0.225 e. The molecule has 20 heavy (non-hydrogen) atoms. The van der Waals surface area contributed by atoms with Crippen LogP contribution in [0.4, 0.5) is 11.8 Å². The van der Waals surface area contributed by atoms with Crippen molar-refractivity contribution in [3.05, 3.63) is 24.3 Å². The molecule has 0 fully saturated rings. The Bertz CT molecular complexity index is 567. The van der Waals surface area contributed by atoms with Gasteiger partial charge in [-0.25, -0.2) is 4.98 Å². The van der Waals surface area contributed by atoms with Gasteiger partial charge in [-0.2, -0.15) is 4.98 Å². The number of para-hydroxylation sites is 1. The van der Waals surface area contributed by atoms with Crippen LogP contribution in [0.3, 0.4) is 0 Å². The molecule has 0 saturated carbocycles. The first-order chi connectivity index (χ1) is 9.67. The highest BCUT2D eigenvalue weighted by atomic mass is 15.2. The van der Waals surface area contributed by atoms with Crippen LogP contribution in [0.5, 0.6) is 0 Å². The van der Waals surface area contributed by atoms with E-state index in [1.807, 2.05) is 18.2 Å². The molecule has 2 aromatic rings. The quantitative estimate of drug-likeness (QED) is 0.870. The fourth-order valence-electron chi connectivity index (χ4n) is 2.13. The fraction of sp³-hybridized carbons (Fsp3) is 0.500. The van der Waals surface area contributed by atoms with Crippen molar-refractivity contribution in [3.8, 4) is 0 Å². The van der Waals surface area contributed by atoms with Crippen LogP contribution in [0.1, 0.15) is 33.6 Å². The van der Waals surface area contributed by atoms with Crippen molar-refractivity contribution >= 4 is 22.7 Å². The van der Waals surface area contributed by atoms with E-state index in [0.29, 0.717) is 6.04 Å². The van der Waals surface area contributed by atoms with Crippen LogP contribution in [0.2, 0.25) is 0 Å². The molecule has 1 N–H and O–H groups in total. The molecular weight excluding hydrogens is 248 g/mol. The van der Waals surface area contributed by atoms with Crippen LogP contribution < -0.4 is 10.2 Å². The summed E-state index contributed by atoms with van der Waals surface area (Å²) in [6.45, 7) is 7.45. The van der Waals surface area contributed by atoms with Gasteiger partial charge in [-0.3, -0.25) is 0 Å². The van der Waals surface area contributed by atoms with Gasteiger partial charge in [0.2, 0.25) is 5.95 Å². The van der Waals surface area contributed by atoms with Crippen LogP contribution in [-0.2, 0) is 0 Å². The lowest BCUT2D eigenvalue weighted by molar-refractivity contribution is 0.658. The number of nitrogens with zero attached hydrogens (tertiary/aromatic N) is 3. The minimum Gasteiger partial charge on any atom is -0.356 e. The van der Waals surface area contributed by atoms with Gasteiger partial charge in [0.25, 0.3) is 0 Å². The molecule has 0 aliphatic heterocycles. The zero-order chi connectivity index (χ0) is 14.5. The smallest absolute Gasteiger partial charge is 0.225 e. The number of rotatable bonds is 6. The highest BCUT2D eigenvalue weighted by Gasteiger charge is 2.14. The average Bonchev–Trinajstić information content (AvgIpc) is 2.50. The summed E-state index contributed by atoms with van der Waals surface area (Å²) in [6, 6.07) is 8.65. The summed E-state index contributed by atoms with van der Waals surface area (Å²) in [5, 5.41) is 4.40. The molecule has 1 aromatic carbocycles. The predicted octanol–water partition coefficient (Wildman–Crippen LogP) is 3.69. The van der Waals surface area contributed by atoms with E-state index in [0.717, 1.165) is 42.1 Å². The summed E-state index contributed by atoms with van der Waals surface area (Å²) >= 11 is 0. The predicted molar refractivity (Wildman–Crippen MR) is 86.5 cm³/mol. The summed E-state index contributed by atoms with van der Waals surface area (Å²) < 4.78 is 0. The topological polar surface area (TPSA) is 41.1 Å². The Morgan fingerprint density at radius 2 is 1.95 bits per heavy atom. The van der Waals surface area contributed by atoms with Crippen LogP contribution in [0.25, 0.3) is 10.9 Å².